The lowest BCUT2D eigenvalue weighted by atomic mass is 10.0. The van der Waals surface area contributed by atoms with Crippen molar-refractivity contribution in [1.29, 1.82) is 0 Å². The van der Waals surface area contributed by atoms with Gasteiger partial charge < -0.3 is 20.3 Å². The lowest BCUT2D eigenvalue weighted by Gasteiger charge is -2.24. The zero-order chi connectivity index (χ0) is 19.4. The molecule has 2 atom stereocenters. The van der Waals surface area contributed by atoms with Crippen LogP contribution in [0.5, 0.6) is 0 Å². The Labute approximate surface area is 147 Å². The molecule has 0 aromatic carbocycles. The Bertz CT molecular complexity index is 602. The van der Waals surface area contributed by atoms with Crippen LogP contribution in [-0.4, -0.2) is 39.4 Å². The number of carbonyl (C=O) groups is 2. The van der Waals surface area contributed by atoms with E-state index in [9.17, 15) is 14.7 Å². The lowest BCUT2D eigenvalue weighted by molar-refractivity contribution is -0.159. The van der Waals surface area contributed by atoms with Crippen LogP contribution < -0.4 is 11.1 Å². The van der Waals surface area contributed by atoms with Crippen LogP contribution in [-0.2, 0) is 14.3 Å². The maximum Gasteiger partial charge on any atom is 0.413 e. The second-order valence-corrected chi connectivity index (χ2v) is 7.61. The maximum absolute atomic E-state index is 11.9. The van der Waals surface area contributed by atoms with E-state index in [-0.39, 0.29) is 5.82 Å². The number of aliphatic hydroxyl groups excluding tert-OH is 1. The summed E-state index contributed by atoms with van der Waals surface area (Å²) in [4.78, 5) is 27.6. The molecule has 140 valence electrons. The van der Waals surface area contributed by atoms with Crippen LogP contribution in [0.15, 0.2) is 18.3 Å². The molecule has 1 aromatic heterocycles. The van der Waals surface area contributed by atoms with Crippen molar-refractivity contribution in [1.82, 2.24) is 4.98 Å². The first-order valence-corrected chi connectivity index (χ1v) is 7.91. The van der Waals surface area contributed by atoms with E-state index in [0.29, 0.717) is 5.56 Å². The van der Waals surface area contributed by atoms with Gasteiger partial charge in [0.25, 0.3) is 0 Å². The van der Waals surface area contributed by atoms with Gasteiger partial charge in [-0.25, -0.2) is 9.78 Å². The van der Waals surface area contributed by atoms with E-state index in [0.717, 1.165) is 0 Å². The molecule has 8 nitrogen and oxygen atoms in total. The molecule has 1 amide bonds. The first-order chi connectivity index (χ1) is 11.3. The van der Waals surface area contributed by atoms with E-state index in [1.165, 1.54) is 18.3 Å². The predicted molar refractivity (Wildman–Crippen MR) is 92.9 cm³/mol. The van der Waals surface area contributed by atoms with Gasteiger partial charge in [0.05, 0.1) is 0 Å². The number of hydrogen-bond donors (Lipinski definition) is 3. The predicted octanol–water partition coefficient (Wildman–Crippen LogP) is 2.13. The highest BCUT2D eigenvalue weighted by atomic mass is 16.6. The average molecular weight is 353 g/mol. The molecular weight excluding hydrogens is 326 g/mol. The summed E-state index contributed by atoms with van der Waals surface area (Å²) < 4.78 is 10.3. The summed E-state index contributed by atoms with van der Waals surface area (Å²) in [6.07, 6.45) is -0.599. The van der Waals surface area contributed by atoms with Gasteiger partial charge in [0.1, 0.15) is 29.2 Å². The largest absolute Gasteiger partial charge is 0.459 e. The van der Waals surface area contributed by atoms with Gasteiger partial charge >= 0.3 is 12.1 Å². The van der Waals surface area contributed by atoms with Crippen molar-refractivity contribution in [3.63, 3.8) is 0 Å². The molecule has 0 radical (unpaired) electrons. The zero-order valence-electron chi connectivity index (χ0n) is 15.5. The summed E-state index contributed by atoms with van der Waals surface area (Å²) in [7, 11) is 0. The highest BCUT2D eigenvalue weighted by molar-refractivity contribution is 5.83. The van der Waals surface area contributed by atoms with Gasteiger partial charge in [-0.15, -0.1) is 0 Å². The molecular formula is C17H27N3O5. The molecule has 1 aromatic rings. The topological polar surface area (TPSA) is 124 Å². The van der Waals surface area contributed by atoms with Gasteiger partial charge in [-0.05, 0) is 47.6 Å². The van der Waals surface area contributed by atoms with Crippen molar-refractivity contribution in [2.45, 2.75) is 64.9 Å². The van der Waals surface area contributed by atoms with Crippen LogP contribution in [0.1, 0.15) is 53.2 Å². The van der Waals surface area contributed by atoms with E-state index >= 15 is 0 Å². The average Bonchev–Trinajstić information content (AvgIpc) is 2.42. The van der Waals surface area contributed by atoms with Crippen LogP contribution in [0.3, 0.4) is 0 Å². The SMILES string of the molecule is CC(C)(C)OC(=O)Nc1ccc([C@H](O)[C@H](N)C(=O)OC(C)(C)C)cn1. The van der Waals surface area contributed by atoms with Crippen LogP contribution in [0, 0.1) is 0 Å². The molecule has 0 unspecified atom stereocenters. The lowest BCUT2D eigenvalue weighted by Crippen LogP contribution is -2.41. The normalized spacial score (nSPS) is 14.4. The van der Waals surface area contributed by atoms with Crippen molar-refractivity contribution >= 4 is 17.9 Å². The fourth-order valence-corrected chi connectivity index (χ4v) is 1.77. The van der Waals surface area contributed by atoms with Crippen LogP contribution in [0.25, 0.3) is 0 Å². The van der Waals surface area contributed by atoms with Crippen LogP contribution >= 0.6 is 0 Å². The second kappa shape index (κ2) is 7.79. The summed E-state index contributed by atoms with van der Waals surface area (Å²) in [5.41, 5.74) is 4.75. The number of aromatic nitrogens is 1. The number of esters is 1. The highest BCUT2D eigenvalue weighted by Gasteiger charge is 2.29. The minimum absolute atomic E-state index is 0.246. The Morgan fingerprint density at radius 3 is 2.12 bits per heavy atom. The van der Waals surface area contributed by atoms with E-state index in [1.54, 1.807) is 41.5 Å². The highest BCUT2D eigenvalue weighted by Crippen LogP contribution is 2.19. The number of nitrogens with one attached hydrogen (secondary N) is 1. The summed E-state index contributed by atoms with van der Waals surface area (Å²) in [5, 5.41) is 12.7. The van der Waals surface area contributed by atoms with E-state index in [1.807, 2.05) is 0 Å². The fraction of sp³-hybridized carbons (Fsp3) is 0.588. The summed E-state index contributed by atoms with van der Waals surface area (Å²) in [5.74, 6) is -0.466. The third-order valence-corrected chi connectivity index (χ3v) is 2.78. The Morgan fingerprint density at radius 1 is 1.12 bits per heavy atom. The Balaban J connectivity index is 2.72. The molecule has 8 heteroatoms. The maximum atomic E-state index is 11.9. The van der Waals surface area contributed by atoms with Gasteiger partial charge in [-0.1, -0.05) is 6.07 Å². The number of anilines is 1. The van der Waals surface area contributed by atoms with Crippen LogP contribution in [0.2, 0.25) is 0 Å². The molecule has 1 rings (SSSR count). The molecule has 0 saturated heterocycles. The third kappa shape index (κ3) is 7.49. The number of amides is 1. The third-order valence-electron chi connectivity index (χ3n) is 2.78. The summed E-state index contributed by atoms with van der Waals surface area (Å²) in [6, 6.07) is 1.74. The molecule has 0 spiro atoms. The molecule has 0 aliphatic rings. The van der Waals surface area contributed by atoms with Crippen molar-refractivity contribution in [2.75, 3.05) is 5.32 Å². The van der Waals surface area contributed by atoms with Crippen molar-refractivity contribution in [2.24, 2.45) is 5.73 Å². The van der Waals surface area contributed by atoms with Gasteiger partial charge in [-0.3, -0.25) is 10.1 Å². The molecule has 4 N–H and O–H groups in total. The van der Waals surface area contributed by atoms with Crippen molar-refractivity contribution in [3.05, 3.63) is 23.9 Å². The number of ether oxygens (including phenoxy) is 2. The standard InChI is InChI=1S/C17H27N3O5/c1-16(2,3)24-14(22)12(18)13(21)10-7-8-11(19-9-10)20-15(23)25-17(4,5)6/h7-9,12-13,21H,18H2,1-6H3,(H,19,20,23)/t12-,13-/m0/s1. The van der Waals surface area contributed by atoms with Crippen LogP contribution in [0.4, 0.5) is 10.6 Å². The number of aliphatic hydroxyl groups is 1. The molecule has 0 aliphatic heterocycles. The first kappa shape index (κ1) is 20.9. The van der Waals surface area contributed by atoms with Gasteiger partial charge in [0.15, 0.2) is 0 Å². The molecule has 1 heterocycles. The van der Waals surface area contributed by atoms with Gasteiger partial charge in [0, 0.05) is 11.8 Å². The Hall–Kier alpha value is -2.19. The van der Waals surface area contributed by atoms with E-state index in [4.69, 9.17) is 15.2 Å². The molecule has 0 bridgehead atoms. The smallest absolute Gasteiger partial charge is 0.413 e. The Kier molecular flexibility index (Phi) is 6.50. The fourth-order valence-electron chi connectivity index (χ4n) is 1.77. The molecule has 25 heavy (non-hydrogen) atoms. The summed E-state index contributed by atoms with van der Waals surface area (Å²) >= 11 is 0. The van der Waals surface area contributed by atoms with E-state index < -0.39 is 35.4 Å². The number of nitrogens with two attached hydrogens (primary N) is 1. The zero-order valence-corrected chi connectivity index (χ0v) is 15.5. The number of nitrogens with zero attached hydrogens (tertiary/aromatic N) is 1. The van der Waals surface area contributed by atoms with Crippen molar-refractivity contribution in [3.8, 4) is 0 Å². The number of pyridine rings is 1. The summed E-state index contributed by atoms with van der Waals surface area (Å²) in [6.45, 7) is 10.4. The first-order valence-electron chi connectivity index (χ1n) is 7.91. The number of hydrogen-bond acceptors (Lipinski definition) is 7. The quantitative estimate of drug-likeness (QED) is 0.708. The molecule has 0 saturated carbocycles. The second-order valence-electron chi connectivity index (χ2n) is 7.61. The minimum Gasteiger partial charge on any atom is -0.459 e. The Morgan fingerprint density at radius 2 is 1.68 bits per heavy atom. The number of carbonyl (C=O) groups excluding carboxylic acids is 2. The minimum atomic E-state index is -1.28. The van der Waals surface area contributed by atoms with Gasteiger partial charge in [0.2, 0.25) is 0 Å². The van der Waals surface area contributed by atoms with Gasteiger partial charge in [-0.2, -0.15) is 0 Å². The molecule has 0 aliphatic carbocycles. The van der Waals surface area contributed by atoms with Crippen molar-refractivity contribution < 1.29 is 24.2 Å². The number of rotatable bonds is 4. The van der Waals surface area contributed by atoms with E-state index in [2.05, 4.69) is 10.3 Å². The molecule has 0 fully saturated rings. The monoisotopic (exact) mass is 353 g/mol.